The van der Waals surface area contributed by atoms with Gasteiger partial charge >= 0.3 is 0 Å². The molecule has 11 nitrogen and oxygen atoms in total. The number of aryl methyl sites for hydroxylation is 1. The lowest BCUT2D eigenvalue weighted by molar-refractivity contribution is -0.0138. The SMILES string of the molecule is C=S(=O)(NC(=O)c1cn2ncnc(Nc3ccc(F)cc3OC3COC4C(OC)COC34)c2c1C)c1ccccc1. The molecule has 0 radical (unpaired) electrons. The van der Waals surface area contributed by atoms with Crippen LogP contribution >= 0.6 is 0 Å². The van der Waals surface area contributed by atoms with Crippen LogP contribution < -0.4 is 14.8 Å². The van der Waals surface area contributed by atoms with Gasteiger partial charge in [-0.15, -0.1) is 0 Å². The van der Waals surface area contributed by atoms with Crippen LogP contribution in [0.2, 0.25) is 0 Å². The molecule has 0 aliphatic carbocycles. The minimum atomic E-state index is -3.09. The van der Waals surface area contributed by atoms with Crippen LogP contribution in [0.3, 0.4) is 0 Å². The van der Waals surface area contributed by atoms with Crippen molar-refractivity contribution in [1.29, 1.82) is 0 Å². The summed E-state index contributed by atoms with van der Waals surface area (Å²) in [5.74, 6) is 3.26. The van der Waals surface area contributed by atoms with Crippen LogP contribution in [0, 0.1) is 12.7 Å². The highest BCUT2D eigenvalue weighted by molar-refractivity contribution is 7.99. The Bertz CT molecular complexity index is 1710. The molecule has 13 heteroatoms. The second-order valence-corrected chi connectivity index (χ2v) is 11.8. The Hall–Kier alpha value is -4.04. The Labute approximate surface area is 235 Å². The summed E-state index contributed by atoms with van der Waals surface area (Å²) in [6.45, 7) is 2.38. The van der Waals surface area contributed by atoms with E-state index in [0.29, 0.717) is 34.1 Å². The molecule has 5 atom stereocenters. The van der Waals surface area contributed by atoms with Gasteiger partial charge in [-0.1, -0.05) is 18.2 Å². The molecule has 2 saturated heterocycles. The van der Waals surface area contributed by atoms with Crippen LogP contribution in [0.15, 0.2) is 66.0 Å². The van der Waals surface area contributed by atoms with E-state index in [1.807, 2.05) is 0 Å². The number of amides is 1. The van der Waals surface area contributed by atoms with Crippen LogP contribution in [0.25, 0.3) is 5.52 Å². The van der Waals surface area contributed by atoms with Crippen molar-refractivity contribution in [3.8, 4) is 5.75 Å². The second-order valence-electron chi connectivity index (χ2n) is 9.78. The molecule has 2 aliphatic rings. The second kappa shape index (κ2) is 10.7. The average molecular weight is 582 g/mol. The van der Waals surface area contributed by atoms with Gasteiger partial charge in [-0.2, -0.15) is 5.10 Å². The van der Waals surface area contributed by atoms with Crippen LogP contribution in [-0.4, -0.2) is 75.3 Å². The highest BCUT2D eigenvalue weighted by atomic mass is 32.2. The van der Waals surface area contributed by atoms with E-state index in [9.17, 15) is 13.4 Å². The van der Waals surface area contributed by atoms with Crippen molar-refractivity contribution < 1.29 is 32.3 Å². The number of hydrogen-bond acceptors (Lipinski definition) is 9. The molecule has 214 valence electrons. The number of nitrogens with one attached hydrogen (secondary N) is 2. The number of carbonyl (C=O) groups excluding carboxylic acids is 1. The zero-order valence-electron chi connectivity index (χ0n) is 22.3. The number of rotatable bonds is 8. The smallest absolute Gasteiger partial charge is 0.264 e. The van der Waals surface area contributed by atoms with Gasteiger partial charge in [0.25, 0.3) is 5.91 Å². The molecule has 4 heterocycles. The Morgan fingerprint density at radius 1 is 1.15 bits per heavy atom. The Morgan fingerprint density at radius 2 is 1.88 bits per heavy atom. The van der Waals surface area contributed by atoms with E-state index >= 15 is 0 Å². The summed E-state index contributed by atoms with van der Waals surface area (Å²) < 4.78 is 54.8. The predicted molar refractivity (Wildman–Crippen MR) is 150 cm³/mol. The number of methoxy groups -OCH3 is 1. The number of hydrogen-bond donors (Lipinski definition) is 2. The maximum absolute atomic E-state index is 14.3. The molecule has 41 heavy (non-hydrogen) atoms. The standard InChI is InChI=1S/C28H28FN5O6S/c1-16-19(28(35)33-41(3,36)18-7-5-4-6-8-18)12-34-24(16)27(30-15-31-34)32-20-10-9-17(29)11-21(20)40-23-14-39-25-22(37-2)13-38-26(23)25/h4-12,15,22-23,25-26H,3,13-14H2,1-2H3,(H,30,31,32)(H,33,35,36). The quantitative estimate of drug-likeness (QED) is 0.302. The largest absolute Gasteiger partial charge is 0.483 e. The topological polar surface area (TPSA) is 125 Å². The zero-order valence-corrected chi connectivity index (χ0v) is 23.1. The van der Waals surface area contributed by atoms with Gasteiger partial charge < -0.3 is 24.3 Å². The maximum atomic E-state index is 14.3. The molecule has 1 amide bonds. The van der Waals surface area contributed by atoms with E-state index in [0.717, 1.165) is 0 Å². The molecule has 2 aromatic carbocycles. The summed E-state index contributed by atoms with van der Waals surface area (Å²) >= 11 is 0. The third kappa shape index (κ3) is 5.12. The van der Waals surface area contributed by atoms with Crippen molar-refractivity contribution >= 4 is 38.5 Å². The van der Waals surface area contributed by atoms with Gasteiger partial charge in [0, 0.05) is 24.3 Å². The number of benzene rings is 2. The first kappa shape index (κ1) is 27.1. The number of carbonyl (C=O) groups is 1. The lowest BCUT2D eigenvalue weighted by Crippen LogP contribution is -2.35. The number of ether oxygens (including phenoxy) is 4. The van der Waals surface area contributed by atoms with Gasteiger partial charge in [0.2, 0.25) is 0 Å². The third-order valence-electron chi connectivity index (χ3n) is 7.19. The highest BCUT2D eigenvalue weighted by Crippen LogP contribution is 2.36. The van der Waals surface area contributed by atoms with Crippen molar-refractivity contribution in [2.45, 2.75) is 36.2 Å². The van der Waals surface area contributed by atoms with Crippen molar-refractivity contribution in [3.63, 3.8) is 0 Å². The average Bonchev–Trinajstić information content (AvgIpc) is 3.65. The van der Waals surface area contributed by atoms with Crippen LogP contribution in [-0.2, 0) is 23.9 Å². The molecule has 4 aromatic rings. The van der Waals surface area contributed by atoms with E-state index < -0.39 is 27.5 Å². The number of halogens is 1. The summed E-state index contributed by atoms with van der Waals surface area (Å²) in [7, 11) is -1.49. The van der Waals surface area contributed by atoms with E-state index in [1.54, 1.807) is 44.4 Å². The lowest BCUT2D eigenvalue weighted by atomic mass is 10.1. The lowest BCUT2D eigenvalue weighted by Gasteiger charge is -2.20. The Morgan fingerprint density at radius 3 is 2.63 bits per heavy atom. The molecule has 2 fully saturated rings. The minimum Gasteiger partial charge on any atom is -0.483 e. The normalized spacial score (nSPS) is 23.2. The Kier molecular flexibility index (Phi) is 7.11. The fourth-order valence-corrected chi connectivity index (χ4v) is 6.23. The van der Waals surface area contributed by atoms with Crippen molar-refractivity contribution in [3.05, 3.63) is 78.0 Å². The first-order valence-electron chi connectivity index (χ1n) is 12.8. The molecule has 0 saturated carbocycles. The first-order chi connectivity index (χ1) is 19.7. The van der Waals surface area contributed by atoms with Gasteiger partial charge in [0.1, 0.15) is 41.7 Å². The first-order valence-corrected chi connectivity index (χ1v) is 14.5. The summed E-state index contributed by atoms with van der Waals surface area (Å²) in [6.07, 6.45) is 1.56. The highest BCUT2D eigenvalue weighted by Gasteiger charge is 2.49. The monoisotopic (exact) mass is 581 g/mol. The fraction of sp³-hybridized carbons (Fsp3) is 0.286. The summed E-state index contributed by atoms with van der Waals surface area (Å²) in [5.41, 5.74) is 1.72. The van der Waals surface area contributed by atoms with Crippen molar-refractivity contribution in [2.75, 3.05) is 25.6 Å². The molecular formula is C28H28FN5O6S. The Balaban J connectivity index is 1.27. The molecular weight excluding hydrogens is 553 g/mol. The zero-order chi connectivity index (χ0) is 28.7. The van der Waals surface area contributed by atoms with E-state index in [2.05, 4.69) is 26.0 Å². The van der Waals surface area contributed by atoms with Crippen molar-refractivity contribution in [2.24, 2.45) is 0 Å². The van der Waals surface area contributed by atoms with Gasteiger partial charge in [-0.25, -0.2) is 18.1 Å². The fourth-order valence-electron chi connectivity index (χ4n) is 5.10. The molecule has 2 N–H and O–H groups in total. The number of nitrogens with zero attached hydrogens (tertiary/aromatic N) is 3. The predicted octanol–water partition coefficient (Wildman–Crippen LogP) is 2.90. The minimum absolute atomic E-state index is 0.193. The van der Waals surface area contributed by atoms with Gasteiger partial charge in [0.05, 0.1) is 34.2 Å². The number of anilines is 2. The number of fused-ring (bicyclic) bond motifs is 2. The maximum Gasteiger partial charge on any atom is 0.264 e. The van der Waals surface area contributed by atoms with E-state index in [4.69, 9.17) is 18.9 Å². The van der Waals surface area contributed by atoms with Crippen LogP contribution in [0.5, 0.6) is 5.75 Å². The molecule has 0 bridgehead atoms. The van der Waals surface area contributed by atoms with Gasteiger partial charge in [-0.05, 0) is 42.6 Å². The van der Waals surface area contributed by atoms with Crippen molar-refractivity contribution in [1.82, 2.24) is 19.3 Å². The van der Waals surface area contributed by atoms with Crippen LogP contribution in [0.1, 0.15) is 15.9 Å². The molecule has 2 aliphatic heterocycles. The van der Waals surface area contributed by atoms with Gasteiger partial charge in [0.15, 0.2) is 11.9 Å². The third-order valence-corrected chi connectivity index (χ3v) is 8.74. The number of aromatic nitrogens is 3. The summed E-state index contributed by atoms with van der Waals surface area (Å²) in [6, 6.07) is 12.6. The summed E-state index contributed by atoms with van der Waals surface area (Å²) in [4.78, 5) is 18.0. The summed E-state index contributed by atoms with van der Waals surface area (Å²) in [5, 5.41) is 7.43. The van der Waals surface area contributed by atoms with E-state index in [-0.39, 0.29) is 36.2 Å². The molecule has 0 spiro atoms. The molecule has 6 rings (SSSR count). The van der Waals surface area contributed by atoms with Crippen LogP contribution in [0.4, 0.5) is 15.9 Å². The van der Waals surface area contributed by atoms with Gasteiger partial charge in [-0.3, -0.25) is 9.52 Å². The molecule has 2 aromatic heterocycles. The van der Waals surface area contributed by atoms with E-state index in [1.165, 1.54) is 35.2 Å². The molecule has 5 unspecified atom stereocenters.